The number of H-pyrrole nitrogens is 2. The fourth-order valence-corrected chi connectivity index (χ4v) is 9.15. The molecule has 3 aromatic carbocycles. The van der Waals surface area contributed by atoms with Crippen molar-refractivity contribution in [3.63, 3.8) is 0 Å². The van der Waals surface area contributed by atoms with Crippen molar-refractivity contribution >= 4 is 80.8 Å². The van der Waals surface area contributed by atoms with Gasteiger partial charge in [-0.15, -0.1) is 0 Å². The molecule has 9 amide bonds. The highest BCUT2D eigenvalue weighted by Crippen LogP contribution is 2.21. The normalized spacial score (nSPS) is 20.9. The second kappa shape index (κ2) is 28.9. The number of nitrogens with two attached hydrogens (primary N) is 3. The van der Waals surface area contributed by atoms with Gasteiger partial charge in [0.25, 0.3) is 0 Å². The third-order valence-electron chi connectivity index (χ3n) is 13.3. The van der Waals surface area contributed by atoms with Gasteiger partial charge in [-0.1, -0.05) is 80.4 Å². The zero-order chi connectivity index (χ0) is 56.1. The number of unbranched alkanes of at least 4 members (excludes halogenated alkanes) is 1. The monoisotopic (exact) mass is 1070 g/mol. The first-order valence-corrected chi connectivity index (χ1v) is 26.2. The van der Waals surface area contributed by atoms with Gasteiger partial charge < -0.3 is 69.7 Å². The van der Waals surface area contributed by atoms with Crippen molar-refractivity contribution in [1.82, 2.24) is 57.5 Å². The first kappa shape index (κ1) is 58.4. The highest BCUT2D eigenvalue weighted by atomic mass is 16.2. The summed E-state index contributed by atoms with van der Waals surface area (Å²) >= 11 is 0. The van der Waals surface area contributed by atoms with Crippen LogP contribution in [0.1, 0.15) is 88.5 Å². The third-order valence-corrected chi connectivity index (χ3v) is 13.3. The number of rotatable bonds is 17. The molecule has 24 nitrogen and oxygen atoms in total. The van der Waals surface area contributed by atoms with Crippen LogP contribution >= 0.6 is 0 Å². The lowest BCUT2D eigenvalue weighted by Gasteiger charge is -2.28. The van der Waals surface area contributed by atoms with Crippen LogP contribution in [0.15, 0.2) is 90.4 Å². The molecule has 0 aliphatic carbocycles. The fraction of sp³-hybridized carbons (Fsp3) is 0.426. The van der Waals surface area contributed by atoms with E-state index in [1.54, 1.807) is 12.3 Å². The van der Waals surface area contributed by atoms with Crippen molar-refractivity contribution in [1.29, 1.82) is 0 Å². The molecule has 1 fully saturated rings. The van der Waals surface area contributed by atoms with Crippen molar-refractivity contribution in [2.45, 2.75) is 133 Å². The Balaban J connectivity index is 1.41. The van der Waals surface area contributed by atoms with E-state index < -0.39 is 102 Å². The molecular formula is C54H71N15O9. The number of hydrogen-bond acceptors (Lipinski definition) is 11. The first-order chi connectivity index (χ1) is 37.5. The van der Waals surface area contributed by atoms with E-state index in [0.29, 0.717) is 29.7 Å². The average Bonchev–Trinajstić information content (AvgIpc) is 4.10. The van der Waals surface area contributed by atoms with Crippen LogP contribution in [0.2, 0.25) is 0 Å². The molecule has 0 saturated carbocycles. The minimum absolute atomic E-state index is 0.0366. The summed E-state index contributed by atoms with van der Waals surface area (Å²) in [4.78, 5) is 140. The van der Waals surface area contributed by atoms with Crippen molar-refractivity contribution in [3.05, 3.63) is 102 Å². The van der Waals surface area contributed by atoms with E-state index in [2.05, 4.69) is 62.5 Å². The molecule has 1 aliphatic heterocycles. The van der Waals surface area contributed by atoms with Gasteiger partial charge in [0.1, 0.15) is 42.3 Å². The summed E-state index contributed by atoms with van der Waals surface area (Å²) in [5.74, 6) is -7.13. The van der Waals surface area contributed by atoms with Gasteiger partial charge in [0.15, 0.2) is 5.96 Å². The maximum absolute atomic E-state index is 15.0. The molecule has 0 radical (unpaired) electrons. The molecule has 24 heteroatoms. The minimum atomic E-state index is -1.59. The van der Waals surface area contributed by atoms with Gasteiger partial charge in [0.2, 0.25) is 53.2 Å². The topological polar surface area (TPSA) is 385 Å². The Morgan fingerprint density at radius 2 is 1.41 bits per heavy atom. The van der Waals surface area contributed by atoms with Crippen LogP contribution in [-0.4, -0.2) is 129 Å². The summed E-state index contributed by atoms with van der Waals surface area (Å²) in [5.41, 5.74) is 19.5. The molecule has 3 heterocycles. The van der Waals surface area contributed by atoms with E-state index in [0.717, 1.165) is 21.7 Å². The number of primary amides is 1. The van der Waals surface area contributed by atoms with Crippen LogP contribution in [0.25, 0.3) is 21.7 Å². The minimum Gasteiger partial charge on any atom is -0.370 e. The number of nitrogens with one attached hydrogen (secondary N) is 10. The second-order valence-corrected chi connectivity index (χ2v) is 19.4. The zero-order valence-corrected chi connectivity index (χ0v) is 43.8. The average molecular weight is 1070 g/mol. The lowest BCUT2D eigenvalue weighted by atomic mass is 9.99. The molecular weight excluding hydrogens is 1000 g/mol. The van der Waals surface area contributed by atoms with Crippen molar-refractivity contribution in [3.8, 4) is 0 Å². The lowest BCUT2D eigenvalue weighted by molar-refractivity contribution is -0.136. The highest BCUT2D eigenvalue weighted by Gasteiger charge is 2.35. The summed E-state index contributed by atoms with van der Waals surface area (Å²) < 4.78 is 0. The Morgan fingerprint density at radius 1 is 0.744 bits per heavy atom. The largest absolute Gasteiger partial charge is 0.370 e. The number of para-hydroxylation sites is 1. The van der Waals surface area contributed by atoms with E-state index in [1.807, 2.05) is 67.6 Å². The van der Waals surface area contributed by atoms with Gasteiger partial charge in [0, 0.05) is 68.3 Å². The number of carbonyl (C=O) groups excluding carboxylic acids is 9. The molecule has 0 bridgehead atoms. The molecule has 78 heavy (non-hydrogen) atoms. The Labute approximate surface area is 450 Å². The van der Waals surface area contributed by atoms with E-state index >= 15 is 0 Å². The maximum atomic E-state index is 15.0. The molecule has 6 rings (SSSR count). The lowest BCUT2D eigenvalue weighted by Crippen LogP contribution is -2.61. The number of benzene rings is 3. The first-order valence-electron chi connectivity index (χ1n) is 26.2. The van der Waals surface area contributed by atoms with Crippen molar-refractivity contribution in [2.75, 3.05) is 13.1 Å². The van der Waals surface area contributed by atoms with Gasteiger partial charge in [-0.3, -0.25) is 48.1 Å². The Kier molecular flexibility index (Phi) is 21.6. The van der Waals surface area contributed by atoms with Gasteiger partial charge in [-0.2, -0.15) is 0 Å². The summed E-state index contributed by atoms with van der Waals surface area (Å²) in [7, 11) is 0. The second-order valence-electron chi connectivity index (χ2n) is 19.4. The number of guanidine groups is 1. The van der Waals surface area contributed by atoms with E-state index in [-0.39, 0.29) is 76.8 Å². The van der Waals surface area contributed by atoms with Crippen LogP contribution < -0.4 is 59.7 Å². The summed E-state index contributed by atoms with van der Waals surface area (Å²) in [6.45, 7) is 3.25. The number of fused-ring (bicyclic) bond motifs is 2. The Hall–Kier alpha value is -8.83. The number of aromatic nitrogens is 3. The van der Waals surface area contributed by atoms with Crippen LogP contribution in [0, 0.1) is 0 Å². The van der Waals surface area contributed by atoms with Gasteiger partial charge in [-0.25, -0.2) is 4.98 Å². The van der Waals surface area contributed by atoms with Crippen LogP contribution in [0.4, 0.5) is 0 Å². The SMILES string of the molecule is CCCC[C@H](NC(C)=O)C(=O)N[C@H]1CC(=O)NCCCC[C@@H](C(N)=O)NC(=O)[C@H](Cc2c[nH]c3ccccc23)NC(=O)[C@H](CCCN=C(N)N)NC(=O)[C@@H](Cc2ccc3ccccc3c2)NC(=O)[C@H](Cc2cnc[nH]2)NC1=O. The molecule has 416 valence electrons. The van der Waals surface area contributed by atoms with Crippen molar-refractivity contribution < 1.29 is 43.2 Å². The number of amides is 9. The smallest absolute Gasteiger partial charge is 0.243 e. The number of imidazole rings is 1. The van der Waals surface area contributed by atoms with E-state index in [9.17, 15) is 43.2 Å². The number of aliphatic imine (C=N–C) groups is 1. The molecule has 0 unspecified atom stereocenters. The Bertz CT molecular complexity index is 2940. The molecule has 16 N–H and O–H groups in total. The van der Waals surface area contributed by atoms with Gasteiger partial charge in [-0.05, 0) is 66.5 Å². The molecule has 2 aromatic heterocycles. The molecule has 1 saturated heterocycles. The van der Waals surface area contributed by atoms with Crippen LogP contribution in [0.3, 0.4) is 0 Å². The Morgan fingerprint density at radius 3 is 2.12 bits per heavy atom. The van der Waals surface area contributed by atoms with Gasteiger partial charge >= 0.3 is 0 Å². The highest BCUT2D eigenvalue weighted by molar-refractivity contribution is 5.99. The van der Waals surface area contributed by atoms with E-state index in [4.69, 9.17) is 17.2 Å². The number of nitrogens with zero attached hydrogens (tertiary/aromatic N) is 2. The molecule has 0 spiro atoms. The molecule has 1 aliphatic rings. The quantitative estimate of drug-likeness (QED) is 0.0330. The summed E-state index contributed by atoms with van der Waals surface area (Å²) in [6, 6.07) is 10.9. The van der Waals surface area contributed by atoms with Crippen LogP contribution in [-0.2, 0) is 62.4 Å². The standard InChI is InChI=1S/C54H71N15O9/c1-3-4-15-40(63-31(2)70)48(73)69-45-27-46(71)59-21-10-9-17-39(47(55)72)64-51(76)43(25-35-28-61-38-16-8-7-14-37(35)38)67-49(74)41(18-11-22-60-54(56)57)65-50(75)42(24-32-19-20-33-12-5-6-13-34(33)23-32)66-52(77)44(68-53(45)78)26-36-29-58-30-62-36/h5-8,12-14,16,19-20,23,28-30,39-45,61H,3-4,9-11,15,17-18,21-22,24-27H2,1-2H3,(H2,55,72)(H,58,62)(H,59,71)(H,63,70)(H,64,76)(H,65,75)(H,66,77)(H,67,74)(H,68,78)(H,69,73)(H4,56,57,60)/t39-,40-,41-,42+,43-,44-,45-/m0/s1. The van der Waals surface area contributed by atoms with Crippen LogP contribution in [0.5, 0.6) is 0 Å². The number of aromatic amines is 2. The molecule has 7 atom stereocenters. The maximum Gasteiger partial charge on any atom is 0.243 e. The van der Waals surface area contributed by atoms with Gasteiger partial charge in [0.05, 0.1) is 12.7 Å². The third kappa shape index (κ3) is 17.6. The summed E-state index contributed by atoms with van der Waals surface area (Å²) in [6.07, 6.45) is 5.65. The number of carbonyl (C=O) groups is 9. The predicted octanol–water partition coefficient (Wildman–Crippen LogP) is -0.0951. The fourth-order valence-electron chi connectivity index (χ4n) is 9.15. The van der Waals surface area contributed by atoms with Crippen molar-refractivity contribution in [2.24, 2.45) is 22.2 Å². The van der Waals surface area contributed by atoms with E-state index in [1.165, 1.54) is 19.4 Å². The predicted molar refractivity (Wildman–Crippen MR) is 291 cm³/mol. The molecule has 5 aromatic rings. The summed E-state index contributed by atoms with van der Waals surface area (Å²) in [5, 5.41) is 24.3. The number of hydrogen-bond donors (Lipinski definition) is 13. The zero-order valence-electron chi connectivity index (χ0n) is 43.8.